The molecular weight excluding hydrogens is 326 g/mol. The molecule has 7 nitrogen and oxygen atoms in total. The number of nitrogens with one attached hydrogen (secondary N) is 2. The number of carbonyl (C=O) groups is 1. The van der Waals surface area contributed by atoms with Crippen LogP contribution in [0.5, 0.6) is 0 Å². The first-order chi connectivity index (χ1) is 11.7. The Balaban J connectivity index is 1.79. The van der Waals surface area contributed by atoms with Gasteiger partial charge in [-0.3, -0.25) is 5.32 Å². The molecule has 3 heterocycles. The molecule has 4 aromatic rings. The summed E-state index contributed by atoms with van der Waals surface area (Å²) in [6.45, 7) is 0. The van der Waals surface area contributed by atoms with Crippen LogP contribution in [0.2, 0.25) is 0 Å². The average molecular weight is 339 g/mol. The minimum Gasteiger partial charge on any atom is -0.465 e. The number of nitrogens with zero attached hydrogens (tertiary/aromatic N) is 3. The lowest BCUT2D eigenvalue weighted by Crippen LogP contribution is -2.09. The summed E-state index contributed by atoms with van der Waals surface area (Å²) < 4.78 is 2.04. The molecule has 0 aliphatic heterocycles. The van der Waals surface area contributed by atoms with Gasteiger partial charge >= 0.3 is 6.09 Å². The summed E-state index contributed by atoms with van der Waals surface area (Å²) in [5, 5.41) is 13.1. The summed E-state index contributed by atoms with van der Waals surface area (Å²) in [5.41, 5.74) is 2.55. The number of H-pyrrole nitrogens is 1. The van der Waals surface area contributed by atoms with Crippen molar-refractivity contribution < 1.29 is 9.90 Å². The van der Waals surface area contributed by atoms with E-state index in [4.69, 9.17) is 5.11 Å². The first kappa shape index (κ1) is 14.5. The Kier molecular flexibility index (Phi) is 3.51. The molecule has 1 atom stereocenters. The van der Waals surface area contributed by atoms with E-state index in [-0.39, 0.29) is 12.0 Å². The molecule has 1 amide bonds. The van der Waals surface area contributed by atoms with Crippen molar-refractivity contribution in [2.45, 2.75) is 6.04 Å². The molecular formula is C16H13N5O2S. The zero-order valence-electron chi connectivity index (χ0n) is 12.4. The van der Waals surface area contributed by atoms with E-state index in [0.717, 1.165) is 11.1 Å². The molecule has 120 valence electrons. The van der Waals surface area contributed by atoms with Gasteiger partial charge in [-0.25, -0.2) is 14.8 Å². The number of aromatic nitrogens is 4. The minimum atomic E-state index is -1.15. The van der Waals surface area contributed by atoms with Crippen LogP contribution in [0.25, 0.3) is 11.0 Å². The predicted molar refractivity (Wildman–Crippen MR) is 91.5 cm³/mol. The normalized spacial score (nSPS) is 12.3. The van der Waals surface area contributed by atoms with Gasteiger partial charge in [0, 0.05) is 17.3 Å². The highest BCUT2D eigenvalue weighted by atomic mass is 32.1. The van der Waals surface area contributed by atoms with Crippen LogP contribution < -0.4 is 5.32 Å². The number of aromatic amines is 1. The topological polar surface area (TPSA) is 95.8 Å². The zero-order chi connectivity index (χ0) is 16.5. The molecule has 0 spiro atoms. The van der Waals surface area contributed by atoms with Crippen LogP contribution in [-0.2, 0) is 0 Å². The van der Waals surface area contributed by atoms with Crippen molar-refractivity contribution in [3.63, 3.8) is 0 Å². The summed E-state index contributed by atoms with van der Waals surface area (Å²) in [5.74, 6) is 0.213. The number of anilines is 1. The Morgan fingerprint density at radius 1 is 1.38 bits per heavy atom. The summed E-state index contributed by atoms with van der Waals surface area (Å²) >= 11 is 1.68. The predicted octanol–water partition coefficient (Wildman–Crippen LogP) is 3.55. The molecule has 0 bridgehead atoms. The van der Waals surface area contributed by atoms with Crippen molar-refractivity contribution in [1.29, 1.82) is 0 Å². The lowest BCUT2D eigenvalue weighted by atomic mass is 10.0. The van der Waals surface area contributed by atoms with Crippen LogP contribution in [-0.4, -0.2) is 30.7 Å². The van der Waals surface area contributed by atoms with Gasteiger partial charge in [-0.15, -0.1) is 11.3 Å². The molecule has 0 aliphatic carbocycles. The number of imidazole rings is 2. The number of hydrogen-bond acceptors (Lipinski definition) is 4. The number of amides is 1. The summed E-state index contributed by atoms with van der Waals surface area (Å²) in [6.07, 6.45) is 4.33. The third-order valence-corrected chi connectivity index (χ3v) is 4.61. The Hall–Kier alpha value is -3.13. The van der Waals surface area contributed by atoms with Crippen molar-refractivity contribution >= 4 is 34.4 Å². The second-order valence-electron chi connectivity index (χ2n) is 5.22. The number of rotatable bonds is 4. The van der Waals surface area contributed by atoms with E-state index in [2.05, 4.69) is 26.3 Å². The Labute approximate surface area is 140 Å². The first-order valence-electron chi connectivity index (χ1n) is 7.21. The van der Waals surface area contributed by atoms with Crippen LogP contribution in [0.3, 0.4) is 0 Å². The highest BCUT2D eigenvalue weighted by molar-refractivity contribution is 7.10. The lowest BCUT2D eigenvalue weighted by molar-refractivity contribution is 0.209. The highest BCUT2D eigenvalue weighted by Crippen LogP contribution is 2.31. The third kappa shape index (κ3) is 2.63. The molecule has 24 heavy (non-hydrogen) atoms. The van der Waals surface area contributed by atoms with Crippen molar-refractivity contribution in [2.75, 3.05) is 5.32 Å². The molecule has 4 rings (SSSR count). The van der Waals surface area contributed by atoms with Crippen LogP contribution in [0, 0.1) is 0 Å². The quantitative estimate of drug-likeness (QED) is 0.530. The maximum atomic E-state index is 10.8. The maximum Gasteiger partial charge on any atom is 0.411 e. The van der Waals surface area contributed by atoms with Gasteiger partial charge in [0.25, 0.3) is 0 Å². The second-order valence-corrected chi connectivity index (χ2v) is 6.20. The number of carboxylic acid groups (broad SMARTS) is 1. The second kappa shape index (κ2) is 5.82. The van der Waals surface area contributed by atoms with Crippen molar-refractivity contribution in [3.05, 3.63) is 64.9 Å². The average Bonchev–Trinajstić information content (AvgIpc) is 3.27. The fraction of sp³-hybridized carbons (Fsp3) is 0.0625. The molecule has 1 aromatic carbocycles. The van der Waals surface area contributed by atoms with Gasteiger partial charge in [-0.2, -0.15) is 0 Å². The van der Waals surface area contributed by atoms with Crippen molar-refractivity contribution in [3.8, 4) is 0 Å². The monoisotopic (exact) mass is 339 g/mol. The Morgan fingerprint density at radius 3 is 3.00 bits per heavy atom. The molecule has 0 saturated carbocycles. The molecule has 1 unspecified atom stereocenters. The van der Waals surface area contributed by atoms with Gasteiger partial charge in [0.2, 0.25) is 5.95 Å². The number of thiophene rings is 1. The van der Waals surface area contributed by atoms with Crippen LogP contribution in [0.4, 0.5) is 10.7 Å². The van der Waals surface area contributed by atoms with Crippen molar-refractivity contribution in [1.82, 2.24) is 19.5 Å². The summed E-state index contributed by atoms with van der Waals surface area (Å²) in [7, 11) is 0. The fourth-order valence-electron chi connectivity index (χ4n) is 2.71. The van der Waals surface area contributed by atoms with E-state index >= 15 is 0 Å². The molecule has 8 heteroatoms. The highest BCUT2D eigenvalue weighted by Gasteiger charge is 2.18. The lowest BCUT2D eigenvalue weighted by Gasteiger charge is -2.17. The van der Waals surface area contributed by atoms with E-state index in [9.17, 15) is 4.79 Å². The van der Waals surface area contributed by atoms with Crippen LogP contribution in [0.1, 0.15) is 16.5 Å². The standard InChI is InChI=1S/C16H13N5O2S/c22-16(23)20-15-18-11-4-3-10(8-12(11)19-15)14(13-2-1-7-24-13)21-6-5-17-9-21/h1-9,14H,(H,22,23)(H2,18,19,20). The van der Waals surface area contributed by atoms with Gasteiger partial charge in [-0.05, 0) is 29.1 Å². The number of fused-ring (bicyclic) bond motifs is 1. The van der Waals surface area contributed by atoms with E-state index < -0.39 is 6.09 Å². The number of benzene rings is 1. The zero-order valence-corrected chi connectivity index (χ0v) is 13.2. The Bertz CT molecular complexity index is 941. The van der Waals surface area contributed by atoms with E-state index in [1.54, 1.807) is 23.9 Å². The van der Waals surface area contributed by atoms with Crippen LogP contribution in [0.15, 0.2) is 54.4 Å². The van der Waals surface area contributed by atoms with E-state index in [1.165, 1.54) is 4.88 Å². The van der Waals surface area contributed by atoms with E-state index in [0.29, 0.717) is 5.52 Å². The molecule has 0 aliphatic rings. The van der Waals surface area contributed by atoms with Gasteiger partial charge in [0.1, 0.15) is 0 Å². The smallest absolute Gasteiger partial charge is 0.411 e. The van der Waals surface area contributed by atoms with E-state index in [1.807, 2.05) is 40.4 Å². The van der Waals surface area contributed by atoms with Gasteiger partial charge < -0.3 is 14.7 Å². The van der Waals surface area contributed by atoms with Crippen molar-refractivity contribution in [2.24, 2.45) is 0 Å². The molecule has 3 N–H and O–H groups in total. The van der Waals surface area contributed by atoms with Gasteiger partial charge in [-0.1, -0.05) is 12.1 Å². The van der Waals surface area contributed by atoms with Gasteiger partial charge in [0.15, 0.2) is 0 Å². The Morgan fingerprint density at radius 2 is 2.29 bits per heavy atom. The molecule has 0 fully saturated rings. The number of hydrogen-bond donors (Lipinski definition) is 3. The largest absolute Gasteiger partial charge is 0.465 e. The molecule has 0 radical (unpaired) electrons. The third-order valence-electron chi connectivity index (χ3n) is 3.68. The fourth-order valence-corrected chi connectivity index (χ4v) is 3.57. The SMILES string of the molecule is O=C(O)Nc1nc2ccc(C(c3cccs3)n3ccnc3)cc2[nH]1. The molecule has 0 saturated heterocycles. The minimum absolute atomic E-state index is 0.0103. The van der Waals surface area contributed by atoms with Crippen LogP contribution >= 0.6 is 11.3 Å². The summed E-state index contributed by atoms with van der Waals surface area (Å²) in [6, 6.07) is 9.98. The summed E-state index contributed by atoms with van der Waals surface area (Å²) in [4.78, 5) is 23.3. The molecule has 3 aromatic heterocycles. The van der Waals surface area contributed by atoms with Gasteiger partial charge in [0.05, 0.1) is 23.4 Å². The maximum absolute atomic E-state index is 10.8. The first-order valence-corrected chi connectivity index (χ1v) is 8.09.